The minimum Gasteiger partial charge on any atom is -0.490 e. The van der Waals surface area contributed by atoms with Crippen molar-refractivity contribution in [2.75, 3.05) is 11.9 Å². The fraction of sp³-hybridized carbons (Fsp3) is 0.229. The van der Waals surface area contributed by atoms with Gasteiger partial charge in [0.2, 0.25) is 0 Å². The molecule has 0 spiro atoms. The van der Waals surface area contributed by atoms with E-state index in [1.807, 2.05) is 43.5 Å². The second-order valence-corrected chi connectivity index (χ2v) is 12.2. The standard InChI is InChI=1S/C35H32ClIN2O2/c1-3-40-33-19-24(18-31(37)35(33)41-21-23-6-4-7-26(36)17-23)20-38-27-13-11-25(12-14-27)34-29-9-5-8-28(29)30-16-22(2)10-15-32(30)39-34/h4-8,10-20,28-29,34,39H,3,9,21H2,1-2H3/t28-,29+,34-/m0/s1. The number of fused-ring (bicyclic) bond motifs is 3. The number of nitrogens with zero attached hydrogens (tertiary/aromatic N) is 1. The number of allylic oxidation sites excluding steroid dienone is 2. The molecule has 0 bridgehead atoms. The Morgan fingerprint density at radius 2 is 1.88 bits per heavy atom. The average molecular weight is 675 g/mol. The van der Waals surface area contributed by atoms with Gasteiger partial charge in [-0.3, -0.25) is 4.99 Å². The number of benzene rings is 4. The Morgan fingerprint density at radius 1 is 1.02 bits per heavy atom. The zero-order valence-corrected chi connectivity index (χ0v) is 26.0. The molecule has 0 fully saturated rings. The SMILES string of the molecule is CCOc1cc(C=Nc2ccc([C@@H]3Nc4ccc(C)cc4[C@H]4C=CC[C@H]43)cc2)cc(I)c1OCc1cccc(Cl)c1. The first-order valence-corrected chi connectivity index (χ1v) is 15.5. The van der Waals surface area contributed by atoms with Crippen LogP contribution in [0.2, 0.25) is 5.02 Å². The quantitative estimate of drug-likeness (QED) is 0.115. The summed E-state index contributed by atoms with van der Waals surface area (Å²) in [5, 5.41) is 4.53. The number of aliphatic imine (C=N–C) groups is 1. The molecule has 1 N–H and O–H groups in total. The molecule has 2 aliphatic rings. The van der Waals surface area contributed by atoms with E-state index in [-0.39, 0.29) is 6.04 Å². The number of ether oxygens (including phenoxy) is 2. The first-order chi connectivity index (χ1) is 20.0. The number of hydrogen-bond acceptors (Lipinski definition) is 4. The van der Waals surface area contributed by atoms with E-state index in [2.05, 4.69) is 95.5 Å². The predicted molar refractivity (Wildman–Crippen MR) is 177 cm³/mol. The molecule has 0 saturated heterocycles. The molecule has 3 atom stereocenters. The summed E-state index contributed by atoms with van der Waals surface area (Å²) in [5.74, 6) is 2.42. The van der Waals surface area contributed by atoms with E-state index >= 15 is 0 Å². The highest BCUT2D eigenvalue weighted by Gasteiger charge is 2.37. The molecule has 1 aliphatic carbocycles. The Hall–Kier alpha value is -3.29. The van der Waals surface area contributed by atoms with E-state index in [9.17, 15) is 0 Å². The highest BCUT2D eigenvalue weighted by atomic mass is 127. The van der Waals surface area contributed by atoms with Crippen LogP contribution < -0.4 is 14.8 Å². The monoisotopic (exact) mass is 674 g/mol. The van der Waals surface area contributed by atoms with Gasteiger partial charge in [-0.1, -0.05) is 65.7 Å². The molecule has 6 rings (SSSR count). The van der Waals surface area contributed by atoms with Crippen molar-refractivity contribution >= 4 is 51.8 Å². The summed E-state index contributed by atoms with van der Waals surface area (Å²) in [5.41, 5.74) is 8.15. The van der Waals surface area contributed by atoms with Gasteiger partial charge in [-0.2, -0.15) is 0 Å². The van der Waals surface area contributed by atoms with E-state index in [4.69, 9.17) is 26.1 Å². The Kier molecular flexibility index (Phi) is 8.35. The molecule has 0 aromatic heterocycles. The molecule has 1 heterocycles. The minimum atomic E-state index is 0.276. The highest BCUT2D eigenvalue weighted by Crippen LogP contribution is 2.50. The van der Waals surface area contributed by atoms with E-state index in [1.54, 1.807) is 0 Å². The molecule has 4 aromatic carbocycles. The maximum Gasteiger partial charge on any atom is 0.175 e. The van der Waals surface area contributed by atoms with Crippen molar-refractivity contribution in [1.82, 2.24) is 0 Å². The van der Waals surface area contributed by atoms with Crippen molar-refractivity contribution in [1.29, 1.82) is 0 Å². The van der Waals surface area contributed by atoms with E-state index < -0.39 is 0 Å². The maximum absolute atomic E-state index is 6.16. The van der Waals surface area contributed by atoms with Crippen LogP contribution in [0, 0.1) is 16.4 Å². The van der Waals surface area contributed by atoms with Gasteiger partial charge in [0.25, 0.3) is 0 Å². The van der Waals surface area contributed by atoms with Crippen LogP contribution in [0.4, 0.5) is 11.4 Å². The summed E-state index contributed by atoms with van der Waals surface area (Å²) in [6, 6.07) is 27.4. The number of nitrogens with one attached hydrogen (secondary N) is 1. The summed E-state index contributed by atoms with van der Waals surface area (Å²) < 4.78 is 13.1. The zero-order valence-electron chi connectivity index (χ0n) is 23.1. The molecule has 0 amide bonds. The lowest BCUT2D eigenvalue weighted by Gasteiger charge is -2.37. The number of hydrogen-bond donors (Lipinski definition) is 1. The van der Waals surface area contributed by atoms with Crippen LogP contribution in [0.3, 0.4) is 0 Å². The Balaban J connectivity index is 1.18. The number of halogens is 2. The molecule has 0 radical (unpaired) electrons. The lowest BCUT2D eigenvalue weighted by Crippen LogP contribution is -2.29. The first kappa shape index (κ1) is 27.9. The van der Waals surface area contributed by atoms with Gasteiger partial charge in [0.1, 0.15) is 6.61 Å². The van der Waals surface area contributed by atoms with Crippen molar-refractivity contribution in [2.24, 2.45) is 10.9 Å². The predicted octanol–water partition coefficient (Wildman–Crippen LogP) is 9.81. The molecule has 41 heavy (non-hydrogen) atoms. The summed E-state index contributed by atoms with van der Waals surface area (Å²) in [6.45, 7) is 5.10. The van der Waals surface area contributed by atoms with E-state index in [0.717, 1.165) is 32.6 Å². The summed E-state index contributed by atoms with van der Waals surface area (Å²) >= 11 is 8.43. The third-order valence-electron chi connectivity index (χ3n) is 7.74. The van der Waals surface area contributed by atoms with Gasteiger partial charge in [0, 0.05) is 22.8 Å². The van der Waals surface area contributed by atoms with Gasteiger partial charge in [-0.15, -0.1) is 0 Å². The molecular formula is C35H32ClIN2O2. The number of aryl methyl sites for hydroxylation is 1. The molecular weight excluding hydrogens is 643 g/mol. The molecule has 4 aromatic rings. The third-order valence-corrected chi connectivity index (χ3v) is 8.77. The fourth-order valence-electron chi connectivity index (χ4n) is 5.81. The summed E-state index contributed by atoms with van der Waals surface area (Å²) in [7, 11) is 0. The van der Waals surface area contributed by atoms with Crippen LogP contribution in [0.25, 0.3) is 0 Å². The van der Waals surface area contributed by atoms with Gasteiger partial charge >= 0.3 is 0 Å². The normalized spacial score (nSPS) is 19.1. The number of rotatable bonds is 8. The lowest BCUT2D eigenvalue weighted by molar-refractivity contribution is 0.267. The molecule has 0 unspecified atom stereocenters. The topological polar surface area (TPSA) is 42.8 Å². The van der Waals surface area contributed by atoms with Gasteiger partial charge in [0.05, 0.1) is 21.9 Å². The largest absolute Gasteiger partial charge is 0.490 e. The van der Waals surface area contributed by atoms with Gasteiger partial charge in [0.15, 0.2) is 11.5 Å². The second kappa shape index (κ2) is 12.3. The van der Waals surface area contributed by atoms with Crippen molar-refractivity contribution in [2.45, 2.75) is 38.8 Å². The van der Waals surface area contributed by atoms with Crippen molar-refractivity contribution < 1.29 is 9.47 Å². The van der Waals surface area contributed by atoms with Crippen LogP contribution in [0.15, 0.2) is 96.0 Å². The molecule has 208 valence electrons. The maximum atomic E-state index is 6.16. The van der Waals surface area contributed by atoms with Crippen molar-refractivity contribution in [3.63, 3.8) is 0 Å². The lowest BCUT2D eigenvalue weighted by atomic mass is 9.76. The van der Waals surface area contributed by atoms with Crippen LogP contribution in [-0.2, 0) is 6.61 Å². The van der Waals surface area contributed by atoms with Crippen molar-refractivity contribution in [3.8, 4) is 11.5 Å². The van der Waals surface area contributed by atoms with Gasteiger partial charge < -0.3 is 14.8 Å². The first-order valence-electron chi connectivity index (χ1n) is 14.0. The van der Waals surface area contributed by atoms with Gasteiger partial charge in [-0.25, -0.2) is 0 Å². The zero-order chi connectivity index (χ0) is 28.3. The second-order valence-electron chi connectivity index (χ2n) is 10.6. The van der Waals surface area contributed by atoms with E-state index in [0.29, 0.717) is 35.8 Å². The molecule has 4 nitrogen and oxygen atoms in total. The Bertz CT molecular complexity index is 1620. The third kappa shape index (κ3) is 6.16. The molecule has 1 aliphatic heterocycles. The highest BCUT2D eigenvalue weighted by molar-refractivity contribution is 14.1. The van der Waals surface area contributed by atoms with Crippen molar-refractivity contribution in [3.05, 3.63) is 127 Å². The summed E-state index contributed by atoms with van der Waals surface area (Å²) in [6.07, 6.45) is 7.70. The van der Waals surface area contributed by atoms with Crippen LogP contribution in [0.1, 0.15) is 53.1 Å². The fourth-order valence-corrected chi connectivity index (χ4v) is 6.80. The smallest absolute Gasteiger partial charge is 0.175 e. The average Bonchev–Trinajstić information content (AvgIpc) is 3.46. The summed E-state index contributed by atoms with van der Waals surface area (Å²) in [4.78, 5) is 4.78. The molecule has 6 heteroatoms. The molecule has 0 saturated carbocycles. The van der Waals surface area contributed by atoms with Crippen LogP contribution >= 0.6 is 34.2 Å². The Morgan fingerprint density at radius 3 is 2.68 bits per heavy atom. The van der Waals surface area contributed by atoms with Crippen LogP contribution in [0.5, 0.6) is 11.5 Å². The van der Waals surface area contributed by atoms with Gasteiger partial charge in [-0.05, 0) is 113 Å². The van der Waals surface area contributed by atoms with Crippen LogP contribution in [-0.4, -0.2) is 12.8 Å². The minimum absolute atomic E-state index is 0.276. The number of anilines is 1. The van der Waals surface area contributed by atoms with E-state index in [1.165, 1.54) is 22.4 Å². The Labute approximate surface area is 260 Å².